The van der Waals surface area contributed by atoms with E-state index in [1.165, 1.54) is 0 Å². The topological polar surface area (TPSA) is 72.2 Å². The maximum absolute atomic E-state index is 11.9. The van der Waals surface area contributed by atoms with E-state index in [1.807, 2.05) is 36.4 Å². The number of para-hydroxylation sites is 2. The molecule has 0 fully saturated rings. The predicted molar refractivity (Wildman–Crippen MR) is 109 cm³/mol. The van der Waals surface area contributed by atoms with Gasteiger partial charge in [-0.3, -0.25) is 9.59 Å². The number of carbonyl (C=O) groups excluding carboxylic acids is 2. The first kappa shape index (κ1) is 19.7. The van der Waals surface area contributed by atoms with Crippen molar-refractivity contribution in [3.8, 4) is 11.8 Å². The fraction of sp³-hybridized carbons (Fsp3) is 0.238. The Kier molecular flexibility index (Phi) is 7.91. The zero-order valence-electron chi connectivity index (χ0n) is 14.4. The molecule has 0 bridgehead atoms. The maximum Gasteiger partial charge on any atom is 0.225 e. The minimum atomic E-state index is -0.122. The molecule has 2 aromatic carbocycles. The van der Waals surface area contributed by atoms with Crippen molar-refractivity contribution in [2.75, 3.05) is 11.1 Å². The molecule has 0 aliphatic carbocycles. The molecular weight excluding hydrogens is 392 g/mol. The average molecular weight is 413 g/mol. The van der Waals surface area contributed by atoms with Crippen LogP contribution in [0.15, 0.2) is 53.0 Å². The molecule has 0 aliphatic heterocycles. The van der Waals surface area contributed by atoms with Gasteiger partial charge in [0.2, 0.25) is 5.91 Å². The van der Waals surface area contributed by atoms with Gasteiger partial charge in [0.05, 0.1) is 11.4 Å². The van der Waals surface area contributed by atoms with Crippen molar-refractivity contribution in [2.24, 2.45) is 0 Å². The molecule has 0 heterocycles. The Morgan fingerprint density at radius 2 is 1.73 bits per heavy atom. The molecule has 2 rings (SSSR count). The lowest BCUT2D eigenvalue weighted by molar-refractivity contribution is -0.118. The second-order valence-electron chi connectivity index (χ2n) is 5.83. The summed E-state index contributed by atoms with van der Waals surface area (Å²) < 4.78 is 0.970. The number of hydrogen-bond donors (Lipinski definition) is 2. The van der Waals surface area contributed by atoms with E-state index in [-0.39, 0.29) is 11.7 Å². The van der Waals surface area contributed by atoms with Gasteiger partial charge in [-0.1, -0.05) is 40.2 Å². The molecule has 5 heteroatoms. The van der Waals surface area contributed by atoms with Gasteiger partial charge in [0.15, 0.2) is 0 Å². The Morgan fingerprint density at radius 3 is 2.46 bits per heavy atom. The van der Waals surface area contributed by atoms with E-state index in [0.717, 1.165) is 10.0 Å². The Balaban J connectivity index is 1.65. The molecular formula is C21H21BrN2O2. The standard InChI is InChI=1S/C21H21BrN2O2/c22-17-9-7-8-16(14-17)15-18(25)10-3-1-2-4-13-21(26)24-20-12-6-5-11-19(20)23/h5-9,11-12,14H,3-4,10,13,15,23H2,(H,24,26). The number of carbonyl (C=O) groups is 2. The summed E-state index contributed by atoms with van der Waals surface area (Å²) in [4.78, 5) is 23.8. The van der Waals surface area contributed by atoms with Crippen molar-refractivity contribution in [3.63, 3.8) is 0 Å². The van der Waals surface area contributed by atoms with Crippen molar-refractivity contribution >= 4 is 39.0 Å². The second-order valence-corrected chi connectivity index (χ2v) is 6.75. The molecule has 26 heavy (non-hydrogen) atoms. The lowest BCUT2D eigenvalue weighted by Gasteiger charge is -2.06. The van der Waals surface area contributed by atoms with Gasteiger partial charge in [0.25, 0.3) is 0 Å². The SMILES string of the molecule is Nc1ccccc1NC(=O)CCC#CCCC(=O)Cc1cccc(Br)c1. The minimum absolute atomic E-state index is 0.122. The zero-order valence-corrected chi connectivity index (χ0v) is 16.0. The number of ketones is 1. The Bertz CT molecular complexity index is 837. The lowest BCUT2D eigenvalue weighted by atomic mass is 10.1. The third kappa shape index (κ3) is 7.12. The van der Waals surface area contributed by atoms with Crippen LogP contribution in [0.3, 0.4) is 0 Å². The van der Waals surface area contributed by atoms with E-state index in [4.69, 9.17) is 5.73 Å². The number of halogens is 1. The first-order valence-corrected chi connectivity index (χ1v) is 9.20. The monoisotopic (exact) mass is 412 g/mol. The van der Waals surface area contributed by atoms with Crippen molar-refractivity contribution in [1.29, 1.82) is 0 Å². The molecule has 0 spiro atoms. The molecule has 0 radical (unpaired) electrons. The predicted octanol–water partition coefficient (Wildman–Crippen LogP) is 4.35. The van der Waals surface area contributed by atoms with Crippen LogP contribution in [-0.4, -0.2) is 11.7 Å². The Hall–Kier alpha value is -2.58. The van der Waals surface area contributed by atoms with Gasteiger partial charge in [-0.2, -0.15) is 0 Å². The largest absolute Gasteiger partial charge is 0.397 e. The number of Topliss-reactive ketones (excluding diaryl/α,β-unsaturated/α-hetero) is 1. The summed E-state index contributed by atoms with van der Waals surface area (Å²) in [7, 11) is 0. The number of nitrogen functional groups attached to an aromatic ring is 1. The molecule has 0 aliphatic rings. The highest BCUT2D eigenvalue weighted by atomic mass is 79.9. The summed E-state index contributed by atoms with van der Waals surface area (Å²) in [6, 6.07) is 14.9. The van der Waals surface area contributed by atoms with Crippen LogP contribution in [0, 0.1) is 11.8 Å². The van der Waals surface area contributed by atoms with E-state index in [2.05, 4.69) is 33.1 Å². The first-order chi connectivity index (χ1) is 12.5. The van der Waals surface area contributed by atoms with Crippen LogP contribution in [0.4, 0.5) is 11.4 Å². The smallest absolute Gasteiger partial charge is 0.225 e. The summed E-state index contributed by atoms with van der Waals surface area (Å²) in [6.07, 6.45) is 2.11. The number of amides is 1. The van der Waals surface area contributed by atoms with Gasteiger partial charge in [-0.25, -0.2) is 0 Å². The number of benzene rings is 2. The van der Waals surface area contributed by atoms with Gasteiger partial charge < -0.3 is 11.1 Å². The van der Waals surface area contributed by atoms with E-state index in [0.29, 0.717) is 43.5 Å². The molecule has 4 nitrogen and oxygen atoms in total. The van der Waals surface area contributed by atoms with Crippen LogP contribution in [0.2, 0.25) is 0 Å². The van der Waals surface area contributed by atoms with Crippen molar-refractivity contribution in [3.05, 3.63) is 58.6 Å². The van der Waals surface area contributed by atoms with Crippen LogP contribution in [-0.2, 0) is 16.0 Å². The molecule has 134 valence electrons. The summed E-state index contributed by atoms with van der Waals surface area (Å²) in [5.41, 5.74) is 7.92. The number of hydrogen-bond acceptors (Lipinski definition) is 3. The number of nitrogens with two attached hydrogens (primary N) is 1. The van der Waals surface area contributed by atoms with Gasteiger partial charge in [-0.05, 0) is 29.8 Å². The third-order valence-electron chi connectivity index (χ3n) is 3.66. The highest BCUT2D eigenvalue weighted by Crippen LogP contribution is 2.17. The Morgan fingerprint density at radius 1 is 1.00 bits per heavy atom. The highest BCUT2D eigenvalue weighted by Gasteiger charge is 2.04. The van der Waals surface area contributed by atoms with Crippen molar-refractivity contribution in [2.45, 2.75) is 32.1 Å². The molecule has 2 aromatic rings. The van der Waals surface area contributed by atoms with E-state index < -0.39 is 0 Å². The summed E-state index contributed by atoms with van der Waals surface area (Å²) >= 11 is 3.40. The van der Waals surface area contributed by atoms with E-state index in [9.17, 15) is 9.59 Å². The normalized spacial score (nSPS) is 9.88. The van der Waals surface area contributed by atoms with Crippen molar-refractivity contribution < 1.29 is 9.59 Å². The fourth-order valence-corrected chi connectivity index (χ4v) is 2.79. The van der Waals surface area contributed by atoms with E-state index >= 15 is 0 Å². The Labute approximate surface area is 162 Å². The number of rotatable bonds is 7. The van der Waals surface area contributed by atoms with Gasteiger partial charge in [0, 0.05) is 36.6 Å². The zero-order chi connectivity index (χ0) is 18.8. The molecule has 0 aromatic heterocycles. The van der Waals surface area contributed by atoms with Crippen LogP contribution in [0.25, 0.3) is 0 Å². The lowest BCUT2D eigenvalue weighted by Crippen LogP contribution is -2.12. The second kappa shape index (κ2) is 10.4. The number of anilines is 2. The fourth-order valence-electron chi connectivity index (χ4n) is 2.34. The van der Waals surface area contributed by atoms with Gasteiger partial charge in [-0.15, -0.1) is 11.8 Å². The summed E-state index contributed by atoms with van der Waals surface area (Å²) in [5.74, 6) is 5.94. The third-order valence-corrected chi connectivity index (χ3v) is 4.15. The molecule has 1 amide bonds. The van der Waals surface area contributed by atoms with Crippen LogP contribution < -0.4 is 11.1 Å². The molecule has 0 unspecified atom stereocenters. The van der Waals surface area contributed by atoms with Gasteiger partial charge >= 0.3 is 0 Å². The average Bonchev–Trinajstić information content (AvgIpc) is 2.60. The molecule has 0 saturated carbocycles. The summed E-state index contributed by atoms with van der Waals surface area (Å²) in [6.45, 7) is 0. The van der Waals surface area contributed by atoms with Gasteiger partial charge in [0.1, 0.15) is 5.78 Å². The summed E-state index contributed by atoms with van der Waals surface area (Å²) in [5, 5.41) is 2.76. The van der Waals surface area contributed by atoms with Crippen molar-refractivity contribution in [1.82, 2.24) is 0 Å². The van der Waals surface area contributed by atoms with Crippen LogP contribution >= 0.6 is 15.9 Å². The van der Waals surface area contributed by atoms with E-state index in [1.54, 1.807) is 12.1 Å². The van der Waals surface area contributed by atoms with Crippen LogP contribution in [0.1, 0.15) is 31.2 Å². The quantitative estimate of drug-likeness (QED) is 0.524. The molecule has 3 N–H and O–H groups in total. The highest BCUT2D eigenvalue weighted by molar-refractivity contribution is 9.10. The maximum atomic E-state index is 11.9. The minimum Gasteiger partial charge on any atom is -0.397 e. The number of nitrogens with one attached hydrogen (secondary N) is 1. The van der Waals surface area contributed by atoms with Crippen LogP contribution in [0.5, 0.6) is 0 Å². The molecule has 0 saturated heterocycles. The molecule has 0 atom stereocenters. The first-order valence-electron chi connectivity index (χ1n) is 8.41.